The molecule has 98 valence electrons. The van der Waals surface area contributed by atoms with Gasteiger partial charge in [-0.05, 0) is 23.8 Å². The van der Waals surface area contributed by atoms with Gasteiger partial charge in [0, 0.05) is 11.1 Å². The maximum Gasteiger partial charge on any atom is 0.151 e. The Morgan fingerprint density at radius 2 is 1.47 bits per heavy atom. The van der Waals surface area contributed by atoms with Crippen LogP contribution in [-0.2, 0) is 0 Å². The summed E-state index contributed by atoms with van der Waals surface area (Å²) in [6.45, 7) is 0. The molecule has 0 aromatic heterocycles. The number of halogens is 5. The normalized spacial score (nSPS) is 10.6. The Morgan fingerprint density at radius 1 is 0.789 bits per heavy atom. The van der Waals surface area contributed by atoms with E-state index in [2.05, 4.69) is 0 Å². The van der Waals surface area contributed by atoms with Gasteiger partial charge in [-0.1, -0.05) is 64.1 Å². The summed E-state index contributed by atoms with van der Waals surface area (Å²) in [7, 11) is 0. The van der Waals surface area contributed by atoms with Crippen molar-refractivity contribution in [3.63, 3.8) is 0 Å². The van der Waals surface area contributed by atoms with Crippen molar-refractivity contribution in [1.82, 2.24) is 0 Å². The van der Waals surface area contributed by atoms with Crippen molar-refractivity contribution < 1.29 is 4.79 Å². The first kappa shape index (κ1) is 15.0. The number of hydrogen-bond acceptors (Lipinski definition) is 1. The maximum atomic E-state index is 10.9. The average molecular weight is 354 g/mol. The summed E-state index contributed by atoms with van der Waals surface area (Å²) < 4.78 is 0. The molecule has 0 aliphatic rings. The van der Waals surface area contributed by atoms with E-state index in [4.69, 9.17) is 58.0 Å². The molecule has 1 nitrogen and oxygen atoms in total. The van der Waals surface area contributed by atoms with Crippen LogP contribution in [0.3, 0.4) is 0 Å². The molecule has 0 saturated heterocycles. The predicted octanol–water partition coefficient (Wildman–Crippen LogP) is 6.43. The molecule has 0 saturated carbocycles. The van der Waals surface area contributed by atoms with E-state index >= 15 is 0 Å². The number of benzene rings is 2. The van der Waals surface area contributed by atoms with Crippen LogP contribution in [0.15, 0.2) is 24.3 Å². The fourth-order valence-corrected chi connectivity index (χ4v) is 2.91. The van der Waals surface area contributed by atoms with Crippen LogP contribution >= 0.6 is 58.0 Å². The first-order valence-electron chi connectivity index (χ1n) is 5.03. The van der Waals surface area contributed by atoms with Gasteiger partial charge in [0.15, 0.2) is 6.29 Å². The Bertz CT molecular complexity index is 667. The third kappa shape index (κ3) is 2.86. The van der Waals surface area contributed by atoms with E-state index in [-0.39, 0.29) is 15.1 Å². The second-order valence-electron chi connectivity index (χ2n) is 3.70. The van der Waals surface area contributed by atoms with Gasteiger partial charge in [-0.25, -0.2) is 0 Å². The van der Waals surface area contributed by atoms with E-state index in [0.717, 1.165) is 0 Å². The Labute approximate surface area is 135 Å². The topological polar surface area (TPSA) is 17.1 Å². The van der Waals surface area contributed by atoms with Gasteiger partial charge >= 0.3 is 0 Å². The number of aldehydes is 1. The summed E-state index contributed by atoms with van der Waals surface area (Å²) in [5.74, 6) is 0. The summed E-state index contributed by atoms with van der Waals surface area (Å²) >= 11 is 30.0. The third-order valence-electron chi connectivity index (χ3n) is 2.53. The van der Waals surface area contributed by atoms with Crippen molar-refractivity contribution in [2.45, 2.75) is 0 Å². The molecule has 0 bridgehead atoms. The quantitative estimate of drug-likeness (QED) is 0.345. The molecule has 0 atom stereocenters. The summed E-state index contributed by atoms with van der Waals surface area (Å²) in [6.07, 6.45) is 0.658. The minimum Gasteiger partial charge on any atom is -0.298 e. The van der Waals surface area contributed by atoms with Crippen LogP contribution in [0, 0.1) is 0 Å². The highest BCUT2D eigenvalue weighted by atomic mass is 35.5. The highest BCUT2D eigenvalue weighted by Gasteiger charge is 2.16. The Balaban J connectivity index is 2.72. The summed E-state index contributed by atoms with van der Waals surface area (Å²) in [5.41, 5.74) is 1.50. The molecule has 2 aromatic carbocycles. The summed E-state index contributed by atoms with van der Waals surface area (Å²) in [5, 5.41) is 1.42. The van der Waals surface area contributed by atoms with Crippen molar-refractivity contribution in [3.05, 3.63) is 54.9 Å². The van der Waals surface area contributed by atoms with E-state index in [0.29, 0.717) is 33.0 Å². The molecule has 0 unspecified atom stereocenters. The minimum absolute atomic E-state index is 0.213. The zero-order valence-electron chi connectivity index (χ0n) is 9.18. The van der Waals surface area contributed by atoms with Gasteiger partial charge in [-0.15, -0.1) is 0 Å². The Kier molecular flexibility index (Phi) is 4.65. The lowest BCUT2D eigenvalue weighted by atomic mass is 10.0. The molecular weight excluding hydrogens is 349 g/mol. The lowest BCUT2D eigenvalue weighted by molar-refractivity contribution is 0.112. The van der Waals surface area contributed by atoms with Gasteiger partial charge in [0.25, 0.3) is 0 Å². The largest absolute Gasteiger partial charge is 0.298 e. The number of carbonyl (C=O) groups excluding carboxylic acids is 1. The van der Waals surface area contributed by atoms with Gasteiger partial charge in [0.1, 0.15) is 0 Å². The highest BCUT2D eigenvalue weighted by Crippen LogP contribution is 2.43. The monoisotopic (exact) mass is 352 g/mol. The van der Waals surface area contributed by atoms with E-state index in [1.807, 2.05) is 0 Å². The Morgan fingerprint density at radius 3 is 2.11 bits per heavy atom. The zero-order valence-corrected chi connectivity index (χ0v) is 13.0. The van der Waals surface area contributed by atoms with Crippen molar-refractivity contribution in [1.29, 1.82) is 0 Å². The zero-order chi connectivity index (χ0) is 14.2. The lowest BCUT2D eigenvalue weighted by Gasteiger charge is -2.11. The van der Waals surface area contributed by atoms with E-state index in [9.17, 15) is 4.79 Å². The first-order valence-corrected chi connectivity index (χ1v) is 6.92. The van der Waals surface area contributed by atoms with Gasteiger partial charge in [-0.3, -0.25) is 4.79 Å². The first-order chi connectivity index (χ1) is 8.95. The standard InChI is InChI=1S/C13H5Cl5O/c14-8-2-1-6(3-7(8)5-19)11-9(15)4-10(16)12(17)13(11)18/h1-5H. The fraction of sp³-hybridized carbons (Fsp3) is 0. The van der Waals surface area contributed by atoms with E-state index in [1.165, 1.54) is 6.07 Å². The van der Waals surface area contributed by atoms with Crippen LogP contribution in [0.25, 0.3) is 11.1 Å². The van der Waals surface area contributed by atoms with E-state index in [1.54, 1.807) is 18.2 Å². The lowest BCUT2D eigenvalue weighted by Crippen LogP contribution is -1.88. The van der Waals surface area contributed by atoms with Crippen LogP contribution in [0.5, 0.6) is 0 Å². The van der Waals surface area contributed by atoms with Crippen molar-refractivity contribution in [2.75, 3.05) is 0 Å². The van der Waals surface area contributed by atoms with Crippen LogP contribution < -0.4 is 0 Å². The van der Waals surface area contributed by atoms with Crippen LogP contribution in [0.1, 0.15) is 10.4 Å². The number of carbonyl (C=O) groups is 1. The van der Waals surface area contributed by atoms with Crippen molar-refractivity contribution in [3.8, 4) is 11.1 Å². The van der Waals surface area contributed by atoms with Crippen molar-refractivity contribution in [2.24, 2.45) is 0 Å². The number of hydrogen-bond donors (Lipinski definition) is 0. The SMILES string of the molecule is O=Cc1cc(-c2c(Cl)cc(Cl)c(Cl)c2Cl)ccc1Cl. The molecule has 0 fully saturated rings. The molecule has 0 aliphatic carbocycles. The molecule has 19 heavy (non-hydrogen) atoms. The summed E-state index contributed by atoms with van der Waals surface area (Å²) in [4.78, 5) is 10.9. The highest BCUT2D eigenvalue weighted by molar-refractivity contribution is 6.51. The molecule has 0 aliphatic heterocycles. The second-order valence-corrected chi connectivity index (χ2v) is 5.67. The maximum absolute atomic E-state index is 10.9. The molecule has 2 aromatic rings. The second kappa shape index (κ2) is 5.90. The molecule has 0 spiro atoms. The fourth-order valence-electron chi connectivity index (χ4n) is 1.62. The van der Waals surface area contributed by atoms with Crippen LogP contribution in [0.2, 0.25) is 25.1 Å². The molecule has 6 heteroatoms. The summed E-state index contributed by atoms with van der Waals surface area (Å²) in [6, 6.07) is 6.39. The minimum atomic E-state index is 0.213. The molecule has 0 N–H and O–H groups in total. The van der Waals surface area contributed by atoms with Crippen LogP contribution in [0.4, 0.5) is 0 Å². The van der Waals surface area contributed by atoms with E-state index < -0.39 is 0 Å². The molecule has 0 amide bonds. The van der Waals surface area contributed by atoms with Gasteiger partial charge < -0.3 is 0 Å². The Hall–Kier alpha value is -0.440. The van der Waals surface area contributed by atoms with Gasteiger partial charge in [-0.2, -0.15) is 0 Å². The predicted molar refractivity (Wildman–Crippen MR) is 82.3 cm³/mol. The molecular formula is C13H5Cl5O. The third-order valence-corrected chi connectivity index (χ3v) is 4.43. The molecule has 2 rings (SSSR count). The van der Waals surface area contributed by atoms with Gasteiger partial charge in [0.2, 0.25) is 0 Å². The number of rotatable bonds is 2. The smallest absolute Gasteiger partial charge is 0.151 e. The van der Waals surface area contributed by atoms with Crippen molar-refractivity contribution >= 4 is 64.3 Å². The molecule has 0 heterocycles. The van der Waals surface area contributed by atoms with Gasteiger partial charge in [0.05, 0.1) is 25.1 Å². The average Bonchev–Trinajstić information content (AvgIpc) is 2.38. The van der Waals surface area contributed by atoms with Crippen LogP contribution in [-0.4, -0.2) is 6.29 Å². The molecule has 0 radical (unpaired) electrons.